The SMILES string of the molecule is c1ccc(-c2nc(-c3cccc(-c4cccc5c4c4c(-c6ccccc6)cccc4n5-c4ccccc4)c3)c3sc4ccccc4c3n2)cc1.c1ccc(-c2nc(-c3cccc(-c4cccc5c4c4c(-c6ccccc6)cccc4n5-c4ccccc4)c3)nc3c2sc2ccccc23)cc1.c1ccc(-c2nc(-c3cccc4c3c3c(-c5ccccc5)cccc3n4-c3ccccc3)c3sc4ccccc4c3n2)cc1. The lowest BCUT2D eigenvalue weighted by Crippen LogP contribution is -1.95. The lowest BCUT2D eigenvalue weighted by atomic mass is 9.94. The van der Waals surface area contributed by atoms with Crippen LogP contribution in [0.3, 0.4) is 0 Å². The van der Waals surface area contributed by atoms with Crippen LogP contribution in [-0.4, -0.2) is 43.6 Å². The van der Waals surface area contributed by atoms with Crippen molar-refractivity contribution >= 4 is 160 Å². The van der Waals surface area contributed by atoms with E-state index < -0.39 is 0 Å². The van der Waals surface area contributed by atoms with Gasteiger partial charge in [-0.3, -0.25) is 0 Å². The van der Waals surface area contributed by atoms with Crippen LogP contribution in [0.5, 0.6) is 0 Å². The van der Waals surface area contributed by atoms with Gasteiger partial charge in [-0.15, -0.1) is 34.0 Å². The summed E-state index contributed by atoms with van der Waals surface area (Å²) in [5.74, 6) is 2.21. The van der Waals surface area contributed by atoms with Crippen molar-refractivity contribution in [1.82, 2.24) is 43.6 Å². The van der Waals surface area contributed by atoms with Crippen LogP contribution >= 0.6 is 34.0 Å². The highest BCUT2D eigenvalue weighted by Crippen LogP contribution is 2.52. The molecule has 0 fully saturated rings. The van der Waals surface area contributed by atoms with E-state index in [1.165, 1.54) is 119 Å². The maximum atomic E-state index is 5.37. The first kappa shape index (κ1) is 84.9. The standard InChI is InChI=1S/2C46H29N3S.C40H25N3S/c1-4-15-30(16-5-1)35-24-13-26-38-41(35)42-36(25-14-27-39(42)49(38)34-21-8-3-9-22-34)32-19-12-20-33(29-32)43-45-44(37-23-10-11-28-40(37)50-45)48-46(47-43)31-17-6-2-7-18-31;1-4-15-30(16-5-1)35-24-13-26-38-41(35)42-36(25-14-27-39(42)49(38)34-21-8-3-9-22-34)32-19-12-20-33(29-32)46-47-43(31-17-6-2-7-18-31)45-44(48-46)37-23-10-11-28-40(37)50-45;1-4-14-26(15-5-1)29-21-12-23-32-35(29)36-31(22-13-24-33(36)43(32)28-18-8-3-9-19-28)38-39-37(30-20-10-11-25-34(30)44-39)41-40(42-38)27-16-6-2-7-17-27/h2*1-29H;1-25H. The highest BCUT2D eigenvalue weighted by molar-refractivity contribution is 7.27. The quantitative estimate of drug-likeness (QED) is 0.108. The molecule has 29 rings (SSSR count). The number of para-hydroxylation sites is 3. The molecule has 9 aromatic heterocycles. The smallest absolute Gasteiger partial charge is 0.160 e. The molecule has 674 valence electrons. The van der Waals surface area contributed by atoms with Gasteiger partial charge >= 0.3 is 0 Å². The molecule has 0 saturated carbocycles. The number of rotatable bonds is 14. The monoisotopic (exact) mass is 1890 g/mol. The average molecular weight is 1890 g/mol. The normalized spacial score (nSPS) is 11.6. The summed E-state index contributed by atoms with van der Waals surface area (Å²) in [5, 5.41) is 10.9. The number of aromatic nitrogens is 9. The van der Waals surface area contributed by atoms with Crippen molar-refractivity contribution in [3.63, 3.8) is 0 Å². The van der Waals surface area contributed by atoms with Crippen LogP contribution < -0.4 is 0 Å². The Kier molecular flexibility index (Phi) is 21.3. The molecule has 0 saturated heterocycles. The van der Waals surface area contributed by atoms with E-state index in [2.05, 4.69) is 493 Å². The molecule has 0 amide bonds. The lowest BCUT2D eigenvalue weighted by molar-refractivity contribution is 1.18. The zero-order valence-electron chi connectivity index (χ0n) is 77.7. The molecule has 0 atom stereocenters. The fraction of sp³-hybridized carbons (Fsp3) is 0. The third-order valence-electron chi connectivity index (χ3n) is 27.7. The molecule has 0 bridgehead atoms. The molecule has 12 heteroatoms. The van der Waals surface area contributed by atoms with Gasteiger partial charge in [-0.1, -0.05) is 400 Å². The summed E-state index contributed by atoms with van der Waals surface area (Å²) in [6, 6.07) is 179. The molecular weight excluding hydrogens is 1810 g/mol. The second-order valence-electron chi connectivity index (χ2n) is 36.1. The first-order valence-electron chi connectivity index (χ1n) is 48.5. The summed E-state index contributed by atoms with van der Waals surface area (Å²) in [5.41, 5.74) is 34.5. The Hall–Kier alpha value is -18.3. The predicted octanol–water partition coefficient (Wildman–Crippen LogP) is 36.2. The fourth-order valence-electron chi connectivity index (χ4n) is 21.3. The molecule has 9 heterocycles. The number of fused-ring (bicyclic) bond motifs is 18. The van der Waals surface area contributed by atoms with Gasteiger partial charge in [0.1, 0.15) is 0 Å². The summed E-state index contributed by atoms with van der Waals surface area (Å²) in [6.07, 6.45) is 0. The topological polar surface area (TPSA) is 92.1 Å². The highest BCUT2D eigenvalue weighted by Gasteiger charge is 2.29. The van der Waals surface area contributed by atoms with Gasteiger partial charge in [-0.05, 0) is 159 Å². The van der Waals surface area contributed by atoms with Gasteiger partial charge in [-0.25, -0.2) is 29.9 Å². The van der Waals surface area contributed by atoms with Crippen molar-refractivity contribution in [1.29, 1.82) is 0 Å². The second kappa shape index (κ2) is 36.2. The van der Waals surface area contributed by atoms with E-state index in [1.807, 2.05) is 24.3 Å². The van der Waals surface area contributed by atoms with Crippen LogP contribution in [0.1, 0.15) is 0 Å². The number of hydrogen-bond donors (Lipinski definition) is 0. The van der Waals surface area contributed by atoms with Crippen molar-refractivity contribution in [3.8, 4) is 141 Å². The van der Waals surface area contributed by atoms with Crippen molar-refractivity contribution in [2.45, 2.75) is 0 Å². The number of hydrogen-bond acceptors (Lipinski definition) is 9. The van der Waals surface area contributed by atoms with E-state index in [9.17, 15) is 0 Å². The van der Waals surface area contributed by atoms with Crippen LogP contribution in [0.25, 0.3) is 267 Å². The molecule has 29 aromatic rings. The first-order valence-corrected chi connectivity index (χ1v) is 50.9. The van der Waals surface area contributed by atoms with E-state index >= 15 is 0 Å². The van der Waals surface area contributed by atoms with Gasteiger partial charge < -0.3 is 13.7 Å². The van der Waals surface area contributed by atoms with E-state index in [0.717, 1.165) is 148 Å². The molecule has 0 spiro atoms. The minimum atomic E-state index is 0.727. The zero-order chi connectivity index (χ0) is 95.1. The maximum absolute atomic E-state index is 5.37. The van der Waals surface area contributed by atoms with Gasteiger partial charge in [0.25, 0.3) is 0 Å². The Morgan fingerprint density at radius 2 is 0.375 bits per heavy atom. The number of benzene rings is 20. The molecule has 0 N–H and O–H groups in total. The fourth-order valence-corrected chi connectivity index (χ4v) is 24.8. The van der Waals surface area contributed by atoms with E-state index in [1.54, 1.807) is 34.0 Å². The highest BCUT2D eigenvalue weighted by atomic mass is 32.1. The molecule has 0 aliphatic rings. The van der Waals surface area contributed by atoms with Crippen LogP contribution in [0.4, 0.5) is 0 Å². The summed E-state index contributed by atoms with van der Waals surface area (Å²) in [4.78, 5) is 31.5. The Morgan fingerprint density at radius 1 is 0.153 bits per heavy atom. The summed E-state index contributed by atoms with van der Waals surface area (Å²) in [6.45, 7) is 0. The number of nitrogens with zero attached hydrogens (tertiary/aromatic N) is 9. The van der Waals surface area contributed by atoms with Gasteiger partial charge in [0, 0.05) is 113 Å². The Bertz CT molecular complexity index is 9990. The van der Waals surface area contributed by atoms with Crippen molar-refractivity contribution in [2.24, 2.45) is 0 Å². The van der Waals surface area contributed by atoms with Crippen LogP contribution in [0, 0.1) is 0 Å². The van der Waals surface area contributed by atoms with Crippen LogP contribution in [0.2, 0.25) is 0 Å². The first-order chi connectivity index (χ1) is 71.5. The molecule has 0 aliphatic carbocycles. The van der Waals surface area contributed by atoms with Crippen molar-refractivity contribution in [3.05, 3.63) is 504 Å². The largest absolute Gasteiger partial charge is 0.309 e. The lowest BCUT2D eigenvalue weighted by Gasteiger charge is -2.11. The molecule has 144 heavy (non-hydrogen) atoms. The van der Waals surface area contributed by atoms with Gasteiger partial charge in [0.2, 0.25) is 0 Å². The molecule has 20 aromatic carbocycles. The van der Waals surface area contributed by atoms with Crippen LogP contribution in [0.15, 0.2) is 504 Å². The Morgan fingerprint density at radius 3 is 0.715 bits per heavy atom. The summed E-state index contributed by atoms with van der Waals surface area (Å²) >= 11 is 5.30. The Balaban J connectivity index is 0.000000108. The van der Waals surface area contributed by atoms with Gasteiger partial charge in [0.15, 0.2) is 17.5 Å². The third-order valence-corrected chi connectivity index (χ3v) is 31.2. The number of thiophene rings is 3. The summed E-state index contributed by atoms with van der Waals surface area (Å²) in [7, 11) is 0. The van der Waals surface area contributed by atoms with Crippen molar-refractivity contribution < 1.29 is 0 Å². The van der Waals surface area contributed by atoms with Crippen molar-refractivity contribution in [2.75, 3.05) is 0 Å². The van der Waals surface area contributed by atoms with E-state index in [-0.39, 0.29) is 0 Å². The predicted molar refractivity (Wildman–Crippen MR) is 608 cm³/mol. The zero-order valence-corrected chi connectivity index (χ0v) is 80.1. The third kappa shape index (κ3) is 14.8. The van der Waals surface area contributed by atoms with Crippen LogP contribution in [-0.2, 0) is 0 Å². The minimum absolute atomic E-state index is 0.727. The summed E-state index contributed by atoms with van der Waals surface area (Å²) < 4.78 is 14.2. The van der Waals surface area contributed by atoms with E-state index in [4.69, 9.17) is 29.9 Å². The molecular formula is C132H83N9S3. The minimum Gasteiger partial charge on any atom is -0.309 e. The molecule has 0 unspecified atom stereocenters. The molecule has 0 radical (unpaired) electrons. The molecule has 0 aliphatic heterocycles. The van der Waals surface area contributed by atoms with Gasteiger partial charge in [-0.2, -0.15) is 0 Å². The van der Waals surface area contributed by atoms with E-state index in [0.29, 0.717) is 0 Å². The maximum Gasteiger partial charge on any atom is 0.160 e. The van der Waals surface area contributed by atoms with Gasteiger partial charge in [0.05, 0.1) is 80.8 Å². The molecule has 9 nitrogen and oxygen atoms in total. The second-order valence-corrected chi connectivity index (χ2v) is 39.2. The Labute approximate surface area is 841 Å². The average Bonchev–Trinajstić information content (AvgIpc) is 1.56.